The highest BCUT2D eigenvalue weighted by Gasteiger charge is 2.06. The maximum absolute atomic E-state index is 5.90. The molecule has 0 saturated carbocycles. The van der Waals surface area contributed by atoms with Gasteiger partial charge in [-0.2, -0.15) is 10.1 Å². The van der Waals surface area contributed by atoms with Crippen LogP contribution in [0.4, 0.5) is 5.69 Å². The summed E-state index contributed by atoms with van der Waals surface area (Å²) in [5.74, 6) is 1.25. The lowest BCUT2D eigenvalue weighted by Gasteiger charge is -2.10. The van der Waals surface area contributed by atoms with Gasteiger partial charge in [0.15, 0.2) is 5.65 Å². The van der Waals surface area contributed by atoms with Crippen molar-refractivity contribution in [1.29, 1.82) is 0 Å². The Labute approximate surface area is 110 Å². The molecule has 0 amide bonds. The number of hydrogen-bond donors (Lipinski definition) is 1. The van der Waals surface area contributed by atoms with E-state index in [0.717, 1.165) is 22.5 Å². The van der Waals surface area contributed by atoms with Crippen molar-refractivity contribution in [3.63, 3.8) is 0 Å². The first-order valence-corrected chi connectivity index (χ1v) is 5.98. The summed E-state index contributed by atoms with van der Waals surface area (Å²) >= 11 is 0. The monoisotopic (exact) mass is 254 g/mol. The van der Waals surface area contributed by atoms with Gasteiger partial charge in [0.2, 0.25) is 5.88 Å². The van der Waals surface area contributed by atoms with Gasteiger partial charge in [0, 0.05) is 30.1 Å². The van der Waals surface area contributed by atoms with Gasteiger partial charge in [0.05, 0.1) is 6.20 Å². The van der Waals surface area contributed by atoms with Crippen molar-refractivity contribution in [1.82, 2.24) is 14.6 Å². The average Bonchev–Trinajstić information content (AvgIpc) is 2.83. The van der Waals surface area contributed by atoms with E-state index in [4.69, 9.17) is 10.5 Å². The predicted molar refractivity (Wildman–Crippen MR) is 73.4 cm³/mol. The van der Waals surface area contributed by atoms with Crippen LogP contribution in [0.5, 0.6) is 11.6 Å². The molecule has 0 aliphatic rings. The van der Waals surface area contributed by atoms with E-state index >= 15 is 0 Å². The van der Waals surface area contributed by atoms with E-state index < -0.39 is 0 Å². The molecule has 0 aliphatic heterocycles. The number of benzene rings is 1. The highest BCUT2D eigenvalue weighted by atomic mass is 16.5. The normalized spacial score (nSPS) is 10.8. The van der Waals surface area contributed by atoms with Crippen LogP contribution in [0.3, 0.4) is 0 Å². The van der Waals surface area contributed by atoms with Gasteiger partial charge in [-0.05, 0) is 25.0 Å². The van der Waals surface area contributed by atoms with Gasteiger partial charge in [0.1, 0.15) is 5.75 Å². The van der Waals surface area contributed by atoms with Crippen molar-refractivity contribution < 1.29 is 4.74 Å². The number of ether oxygens (including phenoxy) is 1. The van der Waals surface area contributed by atoms with Crippen LogP contribution in [0.25, 0.3) is 5.65 Å². The van der Waals surface area contributed by atoms with Crippen LogP contribution in [0.15, 0.2) is 36.7 Å². The van der Waals surface area contributed by atoms with Crippen LogP contribution in [0.2, 0.25) is 0 Å². The van der Waals surface area contributed by atoms with Crippen molar-refractivity contribution >= 4 is 11.3 Å². The third-order valence-electron chi connectivity index (χ3n) is 3.01. The Kier molecular flexibility index (Phi) is 2.59. The number of rotatable bonds is 2. The fourth-order valence-corrected chi connectivity index (χ4v) is 1.92. The molecular weight excluding hydrogens is 240 g/mol. The molecule has 0 aliphatic carbocycles. The molecular formula is C14H14N4O. The van der Waals surface area contributed by atoms with Gasteiger partial charge in [-0.1, -0.05) is 6.07 Å². The summed E-state index contributed by atoms with van der Waals surface area (Å²) in [6.45, 7) is 3.96. The zero-order chi connectivity index (χ0) is 13.4. The molecule has 5 nitrogen and oxygen atoms in total. The number of nitrogens with two attached hydrogens (primary N) is 1. The van der Waals surface area contributed by atoms with Gasteiger partial charge in [-0.3, -0.25) is 0 Å². The summed E-state index contributed by atoms with van der Waals surface area (Å²) in [7, 11) is 0. The summed E-state index contributed by atoms with van der Waals surface area (Å²) < 4.78 is 7.47. The summed E-state index contributed by atoms with van der Waals surface area (Å²) in [6, 6.07) is 7.42. The van der Waals surface area contributed by atoms with E-state index in [1.807, 2.05) is 38.2 Å². The standard InChI is InChI=1S/C14H14N4O/c1-9-7-10(2)12(8-11(9)15)19-14-4-6-18-13(17-14)3-5-16-18/h3-8H,15H2,1-2H3. The Morgan fingerprint density at radius 3 is 2.84 bits per heavy atom. The van der Waals surface area contributed by atoms with Gasteiger partial charge in [0.25, 0.3) is 0 Å². The first-order chi connectivity index (χ1) is 9.13. The molecule has 0 radical (unpaired) electrons. The SMILES string of the molecule is Cc1cc(C)c(Oc2ccn3nccc3n2)cc1N. The number of anilines is 1. The van der Waals surface area contributed by atoms with Crippen LogP contribution < -0.4 is 10.5 Å². The minimum atomic E-state index is 0.527. The highest BCUT2D eigenvalue weighted by molar-refractivity contribution is 5.54. The second-order valence-corrected chi connectivity index (χ2v) is 4.48. The highest BCUT2D eigenvalue weighted by Crippen LogP contribution is 2.28. The summed E-state index contributed by atoms with van der Waals surface area (Å²) in [5, 5.41) is 4.09. The number of aryl methyl sites for hydroxylation is 2. The molecule has 5 heteroatoms. The van der Waals surface area contributed by atoms with Crippen molar-refractivity contribution in [2.45, 2.75) is 13.8 Å². The number of fused-ring (bicyclic) bond motifs is 1. The molecule has 3 rings (SSSR count). The molecule has 0 spiro atoms. The van der Waals surface area contributed by atoms with Crippen molar-refractivity contribution in [3.05, 3.63) is 47.8 Å². The summed E-state index contributed by atoms with van der Waals surface area (Å²) in [4.78, 5) is 4.36. The van der Waals surface area contributed by atoms with Gasteiger partial charge in [-0.25, -0.2) is 4.52 Å². The average molecular weight is 254 g/mol. The van der Waals surface area contributed by atoms with Crippen LogP contribution in [-0.2, 0) is 0 Å². The maximum atomic E-state index is 5.90. The van der Waals surface area contributed by atoms with Gasteiger partial charge < -0.3 is 10.5 Å². The Morgan fingerprint density at radius 2 is 2.00 bits per heavy atom. The molecule has 0 bridgehead atoms. The molecule has 2 heterocycles. The third-order valence-corrected chi connectivity index (χ3v) is 3.01. The van der Waals surface area contributed by atoms with Crippen LogP contribution in [0, 0.1) is 13.8 Å². The maximum Gasteiger partial charge on any atom is 0.222 e. The fourth-order valence-electron chi connectivity index (χ4n) is 1.92. The Balaban J connectivity index is 1.98. The molecule has 96 valence electrons. The van der Waals surface area contributed by atoms with Gasteiger partial charge >= 0.3 is 0 Å². The van der Waals surface area contributed by atoms with E-state index in [9.17, 15) is 0 Å². The molecule has 0 fully saturated rings. The predicted octanol–water partition coefficient (Wildman–Crippen LogP) is 2.72. The topological polar surface area (TPSA) is 65.4 Å². The Hall–Kier alpha value is -2.56. The largest absolute Gasteiger partial charge is 0.439 e. The fraction of sp³-hybridized carbons (Fsp3) is 0.143. The van der Waals surface area contributed by atoms with Crippen molar-refractivity contribution in [2.75, 3.05) is 5.73 Å². The Morgan fingerprint density at radius 1 is 1.16 bits per heavy atom. The minimum Gasteiger partial charge on any atom is -0.439 e. The second-order valence-electron chi connectivity index (χ2n) is 4.48. The summed E-state index contributed by atoms with van der Waals surface area (Å²) in [5.41, 5.74) is 9.44. The zero-order valence-corrected chi connectivity index (χ0v) is 10.8. The van der Waals surface area contributed by atoms with E-state index in [-0.39, 0.29) is 0 Å². The Bertz CT molecular complexity index is 748. The smallest absolute Gasteiger partial charge is 0.222 e. The number of nitrogen functional groups attached to an aromatic ring is 1. The van der Waals surface area contributed by atoms with Crippen molar-refractivity contribution in [2.24, 2.45) is 0 Å². The molecule has 2 N–H and O–H groups in total. The molecule has 2 aromatic heterocycles. The lowest BCUT2D eigenvalue weighted by Crippen LogP contribution is -1.96. The van der Waals surface area contributed by atoms with E-state index in [1.54, 1.807) is 16.8 Å². The zero-order valence-electron chi connectivity index (χ0n) is 10.8. The quantitative estimate of drug-likeness (QED) is 0.714. The van der Waals surface area contributed by atoms with Crippen LogP contribution in [-0.4, -0.2) is 14.6 Å². The first kappa shape index (κ1) is 11.5. The van der Waals surface area contributed by atoms with E-state index in [2.05, 4.69) is 10.1 Å². The van der Waals surface area contributed by atoms with Crippen LogP contribution >= 0.6 is 0 Å². The third kappa shape index (κ3) is 2.10. The number of nitrogens with zero attached hydrogens (tertiary/aromatic N) is 3. The number of hydrogen-bond acceptors (Lipinski definition) is 4. The number of aromatic nitrogens is 3. The van der Waals surface area contributed by atoms with E-state index in [0.29, 0.717) is 11.6 Å². The lowest BCUT2D eigenvalue weighted by atomic mass is 10.1. The minimum absolute atomic E-state index is 0.527. The molecule has 3 aromatic rings. The second kappa shape index (κ2) is 4.28. The van der Waals surface area contributed by atoms with Crippen LogP contribution in [0.1, 0.15) is 11.1 Å². The first-order valence-electron chi connectivity index (χ1n) is 5.98. The van der Waals surface area contributed by atoms with Crippen molar-refractivity contribution in [3.8, 4) is 11.6 Å². The summed E-state index contributed by atoms with van der Waals surface area (Å²) in [6.07, 6.45) is 3.51. The molecule has 0 atom stereocenters. The van der Waals surface area contributed by atoms with E-state index in [1.165, 1.54) is 0 Å². The van der Waals surface area contributed by atoms with Gasteiger partial charge in [-0.15, -0.1) is 0 Å². The lowest BCUT2D eigenvalue weighted by molar-refractivity contribution is 0.459. The molecule has 19 heavy (non-hydrogen) atoms. The molecule has 1 aromatic carbocycles. The molecule has 0 saturated heterocycles. The molecule has 0 unspecified atom stereocenters.